The van der Waals surface area contributed by atoms with E-state index in [1.54, 1.807) is 4.90 Å². The minimum absolute atomic E-state index is 0.000315. The largest absolute Gasteiger partial charge is 0.341 e. The minimum Gasteiger partial charge on any atom is -0.341 e. The quantitative estimate of drug-likeness (QED) is 0.850. The van der Waals surface area contributed by atoms with Gasteiger partial charge in [0.05, 0.1) is 0 Å². The molecule has 0 N–H and O–H groups in total. The van der Waals surface area contributed by atoms with E-state index >= 15 is 0 Å². The second-order valence-electron chi connectivity index (χ2n) is 6.76. The molecular weight excluding hydrogens is 328 g/mol. The second kappa shape index (κ2) is 8.13. The van der Waals surface area contributed by atoms with Gasteiger partial charge in [-0.2, -0.15) is 0 Å². The lowest BCUT2D eigenvalue weighted by molar-refractivity contribution is -0.132. The molecule has 1 aliphatic heterocycles. The molecule has 0 spiro atoms. The summed E-state index contributed by atoms with van der Waals surface area (Å²) in [5.41, 5.74) is 0.708. The lowest BCUT2D eigenvalue weighted by Crippen LogP contribution is -2.37. The molecule has 1 saturated heterocycles. The Kier molecular flexibility index (Phi) is 5.66. The zero-order chi connectivity index (χ0) is 18.5. The first kappa shape index (κ1) is 18.1. The first-order valence-corrected chi connectivity index (χ1v) is 9.10. The summed E-state index contributed by atoms with van der Waals surface area (Å²) in [5, 5.41) is 2.01. The number of benzene rings is 2. The molecule has 0 saturated carbocycles. The van der Waals surface area contributed by atoms with Crippen LogP contribution in [0.1, 0.15) is 36.5 Å². The summed E-state index contributed by atoms with van der Waals surface area (Å²) >= 11 is 0. The third-order valence-corrected chi connectivity index (χ3v) is 4.85. The van der Waals surface area contributed by atoms with Gasteiger partial charge < -0.3 is 14.6 Å². The number of nitrogens with zero attached hydrogens (tertiary/aromatic N) is 2. The molecule has 0 unspecified atom stereocenters. The molecule has 1 heterocycles. The highest BCUT2D eigenvalue weighted by molar-refractivity contribution is 6.07. The molecule has 1 aliphatic rings. The minimum atomic E-state index is -0.000315. The van der Waals surface area contributed by atoms with Gasteiger partial charge in [-0.15, -0.1) is 0 Å². The number of Topliss-reactive ketones (excluding diaryl/α,β-unsaturated/α-hetero) is 1. The molecule has 0 radical (unpaired) electrons. The molecule has 0 bridgehead atoms. The van der Waals surface area contributed by atoms with Crippen LogP contribution in [-0.4, -0.2) is 53.6 Å². The van der Waals surface area contributed by atoms with E-state index in [4.69, 9.17) is 0 Å². The summed E-state index contributed by atoms with van der Waals surface area (Å²) in [6.45, 7) is 3.82. The highest BCUT2D eigenvalue weighted by atomic mass is 16.2. The van der Waals surface area contributed by atoms with Crippen LogP contribution in [0.4, 0.5) is 0 Å². The maximum absolute atomic E-state index is 13.0. The number of rotatable bonds is 4. The van der Waals surface area contributed by atoms with Gasteiger partial charge in [-0.3, -0.25) is 9.59 Å². The fourth-order valence-corrected chi connectivity index (χ4v) is 3.39. The average Bonchev–Trinajstić information content (AvgIpc) is 2.91. The number of hydrogen-bond donors (Lipinski definition) is 0. The number of carbonyl (C=O) groups is 3. The summed E-state index contributed by atoms with van der Waals surface area (Å²) in [6.07, 6.45) is 1.29. The van der Waals surface area contributed by atoms with Crippen LogP contribution in [0.3, 0.4) is 0 Å². The van der Waals surface area contributed by atoms with E-state index in [9.17, 15) is 14.4 Å². The number of amides is 2. The van der Waals surface area contributed by atoms with Gasteiger partial charge >= 0.3 is 0 Å². The first-order chi connectivity index (χ1) is 12.6. The molecule has 5 nitrogen and oxygen atoms in total. The van der Waals surface area contributed by atoms with Gasteiger partial charge in [-0.05, 0) is 30.2 Å². The fourth-order valence-electron chi connectivity index (χ4n) is 3.39. The normalized spacial score (nSPS) is 15.0. The van der Waals surface area contributed by atoms with Crippen molar-refractivity contribution in [3.63, 3.8) is 0 Å². The maximum Gasteiger partial charge on any atom is 0.254 e. The van der Waals surface area contributed by atoms with Crippen molar-refractivity contribution in [3.8, 4) is 0 Å². The lowest BCUT2D eigenvalue weighted by Gasteiger charge is -2.22. The predicted molar refractivity (Wildman–Crippen MR) is 101 cm³/mol. The Labute approximate surface area is 153 Å². The zero-order valence-electron chi connectivity index (χ0n) is 15.1. The average molecular weight is 352 g/mol. The summed E-state index contributed by atoms with van der Waals surface area (Å²) in [5.74, 6) is 0.0421. The molecule has 26 heavy (non-hydrogen) atoms. The fraction of sp³-hybridized carbons (Fsp3) is 0.381. The molecule has 0 atom stereocenters. The van der Waals surface area contributed by atoms with Crippen LogP contribution in [0.15, 0.2) is 42.5 Å². The summed E-state index contributed by atoms with van der Waals surface area (Å²) < 4.78 is 0. The Morgan fingerprint density at radius 1 is 0.846 bits per heavy atom. The van der Waals surface area contributed by atoms with E-state index in [0.29, 0.717) is 31.7 Å². The molecule has 2 aromatic rings. The third-order valence-electron chi connectivity index (χ3n) is 4.85. The Morgan fingerprint density at radius 2 is 1.54 bits per heavy atom. The van der Waals surface area contributed by atoms with Gasteiger partial charge in [0.15, 0.2) is 0 Å². The van der Waals surface area contributed by atoms with E-state index in [2.05, 4.69) is 0 Å². The van der Waals surface area contributed by atoms with Crippen molar-refractivity contribution in [2.24, 2.45) is 0 Å². The van der Waals surface area contributed by atoms with Crippen LogP contribution in [0.5, 0.6) is 0 Å². The van der Waals surface area contributed by atoms with E-state index < -0.39 is 0 Å². The lowest BCUT2D eigenvalue weighted by atomic mass is 10.0. The highest BCUT2D eigenvalue weighted by Crippen LogP contribution is 2.20. The smallest absolute Gasteiger partial charge is 0.254 e. The molecule has 2 amide bonds. The number of ketones is 1. The van der Waals surface area contributed by atoms with Gasteiger partial charge in [0, 0.05) is 44.6 Å². The summed E-state index contributed by atoms with van der Waals surface area (Å²) in [4.78, 5) is 40.0. The van der Waals surface area contributed by atoms with Crippen molar-refractivity contribution in [3.05, 3.63) is 48.0 Å². The molecule has 0 aromatic heterocycles. The van der Waals surface area contributed by atoms with Gasteiger partial charge in [-0.1, -0.05) is 36.4 Å². The predicted octanol–water partition coefficient (Wildman–Crippen LogP) is 2.88. The topological polar surface area (TPSA) is 57.7 Å². The Hall–Kier alpha value is -2.69. The summed E-state index contributed by atoms with van der Waals surface area (Å²) in [6, 6.07) is 13.7. The van der Waals surface area contributed by atoms with E-state index in [1.165, 1.54) is 6.92 Å². The van der Waals surface area contributed by atoms with Crippen molar-refractivity contribution in [2.75, 3.05) is 26.2 Å². The van der Waals surface area contributed by atoms with Crippen LogP contribution in [0, 0.1) is 0 Å². The zero-order valence-corrected chi connectivity index (χ0v) is 15.1. The van der Waals surface area contributed by atoms with Crippen molar-refractivity contribution >= 4 is 28.4 Å². The molecule has 1 fully saturated rings. The summed E-state index contributed by atoms with van der Waals surface area (Å²) in [7, 11) is 0. The second-order valence-corrected chi connectivity index (χ2v) is 6.76. The monoisotopic (exact) mass is 352 g/mol. The Morgan fingerprint density at radius 3 is 2.35 bits per heavy atom. The maximum atomic E-state index is 13.0. The number of carbonyl (C=O) groups excluding carboxylic acids is 3. The van der Waals surface area contributed by atoms with Gasteiger partial charge in [0.25, 0.3) is 5.91 Å². The molecule has 0 aliphatic carbocycles. The van der Waals surface area contributed by atoms with Crippen molar-refractivity contribution in [1.29, 1.82) is 0 Å². The molecule has 136 valence electrons. The standard InChI is InChI=1S/C21H24N2O3/c1-16(24)10-11-20(25)22-12-5-13-23(15-14-22)21(26)19-9-4-7-17-6-2-3-8-18(17)19/h2-4,6-9H,5,10-15H2,1H3. The van der Waals surface area contributed by atoms with Crippen LogP contribution >= 0.6 is 0 Å². The molecular formula is C21H24N2O3. The molecule has 5 heteroatoms. The number of fused-ring (bicyclic) bond motifs is 1. The first-order valence-electron chi connectivity index (χ1n) is 9.10. The van der Waals surface area contributed by atoms with E-state index in [1.807, 2.05) is 47.4 Å². The van der Waals surface area contributed by atoms with Crippen LogP contribution < -0.4 is 0 Å². The van der Waals surface area contributed by atoms with Crippen molar-refractivity contribution < 1.29 is 14.4 Å². The van der Waals surface area contributed by atoms with E-state index in [0.717, 1.165) is 17.2 Å². The third kappa shape index (κ3) is 4.10. The van der Waals surface area contributed by atoms with Crippen molar-refractivity contribution in [2.45, 2.75) is 26.2 Å². The molecule has 2 aromatic carbocycles. The SMILES string of the molecule is CC(=O)CCC(=O)N1CCCN(C(=O)c2cccc3ccccc23)CC1. The van der Waals surface area contributed by atoms with Crippen LogP contribution in [0.2, 0.25) is 0 Å². The number of hydrogen-bond acceptors (Lipinski definition) is 3. The highest BCUT2D eigenvalue weighted by Gasteiger charge is 2.23. The Balaban J connectivity index is 1.69. The van der Waals surface area contributed by atoms with E-state index in [-0.39, 0.29) is 30.4 Å². The van der Waals surface area contributed by atoms with Gasteiger partial charge in [0.1, 0.15) is 5.78 Å². The van der Waals surface area contributed by atoms with Crippen LogP contribution in [-0.2, 0) is 9.59 Å². The van der Waals surface area contributed by atoms with Gasteiger partial charge in [0.2, 0.25) is 5.91 Å². The molecule has 3 rings (SSSR count). The van der Waals surface area contributed by atoms with Gasteiger partial charge in [-0.25, -0.2) is 0 Å². The Bertz CT molecular complexity index is 826. The van der Waals surface area contributed by atoms with Crippen LogP contribution in [0.25, 0.3) is 10.8 Å². The van der Waals surface area contributed by atoms with Crippen molar-refractivity contribution in [1.82, 2.24) is 9.80 Å².